The van der Waals surface area contributed by atoms with Crippen LogP contribution in [0.25, 0.3) is 0 Å². The molecule has 1 rings (SSSR count). The zero-order valence-electron chi connectivity index (χ0n) is 11.1. The lowest BCUT2D eigenvalue weighted by molar-refractivity contribution is -0.137. The molecule has 1 aromatic rings. The molecule has 0 atom stereocenters. The number of sulfonamides is 1. The molecule has 8 heteroatoms. The van der Waals surface area contributed by atoms with Crippen LogP contribution in [0.1, 0.15) is 18.4 Å². The van der Waals surface area contributed by atoms with Crippen LogP contribution in [0.4, 0.5) is 0 Å². The summed E-state index contributed by atoms with van der Waals surface area (Å²) in [5.74, 6) is -0.962. The molecule has 0 aromatic heterocycles. The molecule has 5 nitrogen and oxygen atoms in total. The molecule has 0 radical (unpaired) electrons. The second kappa shape index (κ2) is 6.76. The molecule has 0 bridgehead atoms. The number of hydrogen-bond acceptors (Lipinski definition) is 3. The number of benzene rings is 1. The van der Waals surface area contributed by atoms with Crippen molar-refractivity contribution in [3.8, 4) is 0 Å². The monoisotopic (exact) mass is 339 g/mol. The maximum atomic E-state index is 12.3. The molecule has 0 aliphatic carbocycles. The van der Waals surface area contributed by atoms with Crippen molar-refractivity contribution in [2.45, 2.75) is 24.7 Å². The minimum atomic E-state index is -3.76. The van der Waals surface area contributed by atoms with Gasteiger partial charge in [-0.05, 0) is 31.0 Å². The summed E-state index contributed by atoms with van der Waals surface area (Å²) in [6.45, 7) is 1.74. The van der Waals surface area contributed by atoms with E-state index in [-0.39, 0.29) is 29.3 Å². The second-order valence-corrected chi connectivity index (χ2v) is 7.11. The fraction of sp³-hybridized carbons (Fsp3) is 0.417. The Balaban J connectivity index is 2.99. The van der Waals surface area contributed by atoms with E-state index in [1.807, 2.05) is 0 Å². The van der Waals surface area contributed by atoms with Crippen LogP contribution in [0.3, 0.4) is 0 Å². The van der Waals surface area contributed by atoms with Gasteiger partial charge in [-0.1, -0.05) is 23.2 Å². The Morgan fingerprint density at radius 1 is 1.35 bits per heavy atom. The smallest absolute Gasteiger partial charge is 0.303 e. The molecule has 0 unspecified atom stereocenters. The highest BCUT2D eigenvalue weighted by Crippen LogP contribution is 2.31. The second-order valence-electron chi connectivity index (χ2n) is 4.31. The van der Waals surface area contributed by atoms with Crippen LogP contribution in [0, 0.1) is 6.92 Å². The lowest BCUT2D eigenvalue weighted by Gasteiger charge is -2.18. The van der Waals surface area contributed by atoms with Gasteiger partial charge in [-0.3, -0.25) is 4.79 Å². The van der Waals surface area contributed by atoms with Gasteiger partial charge in [0.15, 0.2) is 0 Å². The molecule has 0 saturated heterocycles. The Bertz CT molecular complexity index is 616. The summed E-state index contributed by atoms with van der Waals surface area (Å²) in [5, 5.41) is 9.03. The van der Waals surface area contributed by atoms with Gasteiger partial charge >= 0.3 is 5.97 Å². The van der Waals surface area contributed by atoms with Gasteiger partial charge in [0.05, 0.1) is 5.02 Å². The van der Waals surface area contributed by atoms with Crippen molar-refractivity contribution in [2.75, 3.05) is 13.6 Å². The highest BCUT2D eigenvalue weighted by Gasteiger charge is 2.24. The first-order valence-corrected chi connectivity index (χ1v) is 8.00. The van der Waals surface area contributed by atoms with Crippen molar-refractivity contribution in [1.29, 1.82) is 0 Å². The third kappa shape index (κ3) is 3.85. The fourth-order valence-electron chi connectivity index (χ4n) is 1.58. The van der Waals surface area contributed by atoms with Gasteiger partial charge < -0.3 is 5.11 Å². The summed E-state index contributed by atoms with van der Waals surface area (Å²) in [6, 6.07) is 2.82. The minimum Gasteiger partial charge on any atom is -0.481 e. The molecule has 20 heavy (non-hydrogen) atoms. The Morgan fingerprint density at radius 3 is 2.50 bits per heavy atom. The molecule has 112 valence electrons. The van der Waals surface area contributed by atoms with E-state index in [4.69, 9.17) is 28.3 Å². The number of rotatable bonds is 6. The highest BCUT2D eigenvalue weighted by atomic mass is 35.5. The molecule has 1 aromatic carbocycles. The molecule has 0 spiro atoms. The number of carboxylic acid groups (broad SMARTS) is 1. The molecule has 0 amide bonds. The van der Waals surface area contributed by atoms with E-state index in [0.717, 1.165) is 4.31 Å². The van der Waals surface area contributed by atoms with Crippen LogP contribution in [0.5, 0.6) is 0 Å². The normalized spacial score (nSPS) is 11.8. The molecule has 0 aliphatic heterocycles. The van der Waals surface area contributed by atoms with Crippen LogP contribution in [0.15, 0.2) is 17.0 Å². The number of carbonyl (C=O) groups is 1. The SMILES string of the molecule is Cc1c(Cl)ccc(S(=O)(=O)N(C)CCCC(=O)O)c1Cl. The van der Waals surface area contributed by atoms with Crippen LogP contribution in [-0.4, -0.2) is 37.4 Å². The van der Waals surface area contributed by atoms with Crippen molar-refractivity contribution >= 4 is 39.2 Å². The van der Waals surface area contributed by atoms with Crippen molar-refractivity contribution in [3.05, 3.63) is 27.7 Å². The minimum absolute atomic E-state index is 0.0288. The van der Waals surface area contributed by atoms with Crippen LogP contribution in [0.2, 0.25) is 10.0 Å². The van der Waals surface area contributed by atoms with Crippen molar-refractivity contribution in [1.82, 2.24) is 4.31 Å². The third-order valence-electron chi connectivity index (χ3n) is 2.84. The van der Waals surface area contributed by atoms with Crippen LogP contribution < -0.4 is 0 Å². The van der Waals surface area contributed by atoms with Crippen molar-refractivity contribution in [2.24, 2.45) is 0 Å². The Morgan fingerprint density at radius 2 is 1.95 bits per heavy atom. The van der Waals surface area contributed by atoms with E-state index in [0.29, 0.717) is 10.6 Å². The lowest BCUT2D eigenvalue weighted by atomic mass is 10.2. The van der Waals surface area contributed by atoms with Crippen molar-refractivity contribution in [3.63, 3.8) is 0 Å². The Hall–Kier alpha value is -0.820. The van der Waals surface area contributed by atoms with E-state index in [2.05, 4.69) is 0 Å². The van der Waals surface area contributed by atoms with Gasteiger partial charge in [0.1, 0.15) is 4.90 Å². The largest absolute Gasteiger partial charge is 0.481 e. The standard InChI is InChI=1S/C12H15Cl2NO4S/c1-8-9(13)5-6-10(12(8)14)20(18,19)15(2)7-3-4-11(16)17/h5-6H,3-4,7H2,1-2H3,(H,16,17). The number of hydrogen-bond donors (Lipinski definition) is 1. The fourth-order valence-corrected chi connectivity index (χ4v) is 3.56. The van der Waals surface area contributed by atoms with Crippen LogP contribution >= 0.6 is 23.2 Å². The molecular weight excluding hydrogens is 325 g/mol. The average molecular weight is 340 g/mol. The number of carboxylic acids is 1. The molecule has 0 fully saturated rings. The lowest BCUT2D eigenvalue weighted by Crippen LogP contribution is -2.28. The van der Waals surface area contributed by atoms with Gasteiger partial charge in [0, 0.05) is 25.0 Å². The van der Waals surface area contributed by atoms with E-state index in [1.165, 1.54) is 19.2 Å². The predicted octanol–water partition coefficient (Wildman–Crippen LogP) is 2.79. The van der Waals surface area contributed by atoms with Gasteiger partial charge in [-0.25, -0.2) is 12.7 Å². The summed E-state index contributed by atoms with van der Waals surface area (Å²) in [5.41, 5.74) is 0.494. The van der Waals surface area contributed by atoms with Gasteiger partial charge in [-0.15, -0.1) is 0 Å². The number of nitrogens with zero attached hydrogens (tertiary/aromatic N) is 1. The summed E-state index contributed by atoms with van der Waals surface area (Å²) < 4.78 is 25.8. The predicted molar refractivity (Wildman–Crippen MR) is 77.9 cm³/mol. The summed E-state index contributed by atoms with van der Waals surface area (Å²) in [4.78, 5) is 10.4. The first-order chi connectivity index (χ1) is 9.17. The van der Waals surface area contributed by atoms with Crippen molar-refractivity contribution < 1.29 is 18.3 Å². The Labute approximate surface area is 128 Å². The number of halogens is 2. The zero-order valence-corrected chi connectivity index (χ0v) is 13.4. The quantitative estimate of drug-likeness (QED) is 0.864. The average Bonchev–Trinajstić information content (AvgIpc) is 2.35. The molecule has 0 saturated carbocycles. The van der Waals surface area contributed by atoms with E-state index in [1.54, 1.807) is 6.92 Å². The maximum absolute atomic E-state index is 12.3. The first-order valence-electron chi connectivity index (χ1n) is 5.80. The Kier molecular flexibility index (Phi) is 5.82. The van der Waals surface area contributed by atoms with Gasteiger partial charge in [-0.2, -0.15) is 0 Å². The van der Waals surface area contributed by atoms with Gasteiger partial charge in [0.2, 0.25) is 10.0 Å². The first kappa shape index (κ1) is 17.2. The van der Waals surface area contributed by atoms with E-state index in [9.17, 15) is 13.2 Å². The van der Waals surface area contributed by atoms with E-state index >= 15 is 0 Å². The molecular formula is C12H15Cl2NO4S. The molecule has 0 aliphatic rings. The number of aliphatic carboxylic acids is 1. The van der Waals surface area contributed by atoms with E-state index < -0.39 is 16.0 Å². The topological polar surface area (TPSA) is 74.7 Å². The zero-order chi connectivity index (χ0) is 15.5. The summed E-state index contributed by atoms with van der Waals surface area (Å²) in [7, 11) is -2.37. The summed E-state index contributed by atoms with van der Waals surface area (Å²) >= 11 is 11.9. The molecule has 1 N–H and O–H groups in total. The summed E-state index contributed by atoms with van der Waals surface area (Å²) in [6.07, 6.45) is 0.141. The third-order valence-corrected chi connectivity index (χ3v) is 5.74. The highest BCUT2D eigenvalue weighted by molar-refractivity contribution is 7.89. The van der Waals surface area contributed by atoms with Crippen LogP contribution in [-0.2, 0) is 14.8 Å². The van der Waals surface area contributed by atoms with Gasteiger partial charge in [0.25, 0.3) is 0 Å². The molecule has 0 heterocycles. The maximum Gasteiger partial charge on any atom is 0.303 e.